The number of carbonyl (C=O) groups excluding carboxylic acids is 1. The first-order chi connectivity index (χ1) is 12.5. The van der Waals surface area contributed by atoms with E-state index in [0.29, 0.717) is 25.9 Å². The summed E-state index contributed by atoms with van der Waals surface area (Å²) in [6.45, 7) is 5.60. The van der Waals surface area contributed by atoms with E-state index in [-0.39, 0.29) is 12.2 Å². The summed E-state index contributed by atoms with van der Waals surface area (Å²) in [5.74, 6) is -0.511. The zero-order valence-electron chi connectivity index (χ0n) is 16.5. The third-order valence-corrected chi connectivity index (χ3v) is 4.67. The summed E-state index contributed by atoms with van der Waals surface area (Å²) in [6.07, 6.45) is 10.0. The van der Waals surface area contributed by atoms with E-state index in [4.69, 9.17) is 5.11 Å². The number of hydrogen-bond acceptors (Lipinski definition) is 3. The molecule has 1 rings (SSSR count). The van der Waals surface area contributed by atoms with E-state index >= 15 is 0 Å². The maximum atomic E-state index is 12.4. The van der Waals surface area contributed by atoms with Crippen molar-refractivity contribution in [3.05, 3.63) is 34.9 Å². The molecule has 4 heteroatoms. The van der Waals surface area contributed by atoms with E-state index < -0.39 is 5.97 Å². The average molecular weight is 362 g/mol. The maximum absolute atomic E-state index is 12.4. The van der Waals surface area contributed by atoms with Crippen LogP contribution in [0.25, 0.3) is 0 Å². The van der Waals surface area contributed by atoms with Gasteiger partial charge in [-0.15, -0.1) is 0 Å². The average Bonchev–Trinajstić information content (AvgIpc) is 2.60. The quantitative estimate of drug-likeness (QED) is 0.330. The van der Waals surface area contributed by atoms with Crippen molar-refractivity contribution >= 4 is 11.8 Å². The highest BCUT2D eigenvalue weighted by Crippen LogP contribution is 2.16. The summed E-state index contributed by atoms with van der Waals surface area (Å²) in [7, 11) is 0. The van der Waals surface area contributed by atoms with Crippen LogP contribution in [-0.2, 0) is 11.3 Å². The molecule has 0 bridgehead atoms. The minimum Gasteiger partial charge on any atom is -0.481 e. The lowest BCUT2D eigenvalue weighted by Gasteiger charge is -2.09. The van der Waals surface area contributed by atoms with E-state index in [9.17, 15) is 9.59 Å². The van der Waals surface area contributed by atoms with Crippen LogP contribution in [0.4, 0.5) is 0 Å². The van der Waals surface area contributed by atoms with E-state index in [1.165, 1.54) is 32.1 Å². The number of ketones is 1. The van der Waals surface area contributed by atoms with Crippen LogP contribution in [0.5, 0.6) is 0 Å². The predicted octanol–water partition coefficient (Wildman–Crippen LogP) is 5.27. The van der Waals surface area contributed by atoms with Gasteiger partial charge in [-0.1, -0.05) is 63.6 Å². The number of aliphatic carboxylic acids is 1. The first-order valence-electron chi connectivity index (χ1n) is 10.1. The molecule has 0 spiro atoms. The Hall–Kier alpha value is -1.68. The number of nitrogens with one attached hydrogen (secondary N) is 1. The summed E-state index contributed by atoms with van der Waals surface area (Å²) < 4.78 is 0. The fraction of sp³-hybridized carbons (Fsp3) is 0.636. The second-order valence-corrected chi connectivity index (χ2v) is 7.12. The van der Waals surface area contributed by atoms with E-state index in [1.54, 1.807) is 0 Å². The molecule has 0 aliphatic heterocycles. The Morgan fingerprint density at radius 3 is 2.31 bits per heavy atom. The Bertz CT molecular complexity index is 554. The maximum Gasteiger partial charge on any atom is 0.303 e. The van der Waals surface area contributed by atoms with Gasteiger partial charge in [0.1, 0.15) is 0 Å². The molecule has 0 fully saturated rings. The van der Waals surface area contributed by atoms with Gasteiger partial charge in [-0.3, -0.25) is 9.59 Å². The highest BCUT2D eigenvalue weighted by molar-refractivity contribution is 5.97. The van der Waals surface area contributed by atoms with Crippen molar-refractivity contribution in [2.75, 3.05) is 6.54 Å². The van der Waals surface area contributed by atoms with Crippen LogP contribution >= 0.6 is 0 Å². The van der Waals surface area contributed by atoms with Crippen LogP contribution in [0.2, 0.25) is 0 Å². The van der Waals surface area contributed by atoms with Gasteiger partial charge in [-0.05, 0) is 37.4 Å². The molecular weight excluding hydrogens is 326 g/mol. The van der Waals surface area contributed by atoms with Crippen molar-refractivity contribution in [1.82, 2.24) is 5.32 Å². The zero-order valence-corrected chi connectivity index (χ0v) is 16.5. The SMILES string of the molecule is CCCCCCCCCC(=O)c1ccc(CNCCCC(=O)O)cc1C. The van der Waals surface area contributed by atoms with Crippen molar-refractivity contribution in [2.24, 2.45) is 0 Å². The smallest absolute Gasteiger partial charge is 0.303 e. The fourth-order valence-corrected chi connectivity index (χ4v) is 3.12. The summed E-state index contributed by atoms with van der Waals surface area (Å²) in [4.78, 5) is 22.9. The molecule has 0 saturated carbocycles. The van der Waals surface area contributed by atoms with Crippen LogP contribution in [0.15, 0.2) is 18.2 Å². The van der Waals surface area contributed by atoms with Gasteiger partial charge in [0.15, 0.2) is 5.78 Å². The number of hydrogen-bond donors (Lipinski definition) is 2. The Balaban J connectivity index is 2.29. The fourth-order valence-electron chi connectivity index (χ4n) is 3.12. The van der Waals surface area contributed by atoms with Crippen molar-refractivity contribution in [1.29, 1.82) is 0 Å². The predicted molar refractivity (Wildman–Crippen MR) is 107 cm³/mol. The first kappa shape index (κ1) is 22.4. The molecule has 0 amide bonds. The molecule has 26 heavy (non-hydrogen) atoms. The number of benzene rings is 1. The van der Waals surface area contributed by atoms with Gasteiger partial charge < -0.3 is 10.4 Å². The lowest BCUT2D eigenvalue weighted by Crippen LogP contribution is -2.16. The number of Topliss-reactive ketones (excluding diaryl/α,β-unsaturated/α-hetero) is 1. The molecule has 4 nitrogen and oxygen atoms in total. The Labute approximate surface area is 158 Å². The molecule has 0 radical (unpaired) electrons. The molecule has 146 valence electrons. The third kappa shape index (κ3) is 9.71. The molecule has 1 aromatic carbocycles. The lowest BCUT2D eigenvalue weighted by molar-refractivity contribution is -0.137. The molecule has 1 aromatic rings. The van der Waals surface area contributed by atoms with Crippen LogP contribution in [0, 0.1) is 6.92 Å². The third-order valence-electron chi connectivity index (χ3n) is 4.67. The van der Waals surface area contributed by atoms with Gasteiger partial charge in [-0.25, -0.2) is 0 Å². The van der Waals surface area contributed by atoms with Gasteiger partial charge in [0, 0.05) is 24.9 Å². The van der Waals surface area contributed by atoms with Crippen molar-refractivity contribution < 1.29 is 14.7 Å². The molecular formula is C22H35NO3. The summed E-state index contributed by atoms with van der Waals surface area (Å²) in [6, 6.07) is 5.99. The monoisotopic (exact) mass is 361 g/mol. The van der Waals surface area contributed by atoms with Crippen LogP contribution in [0.1, 0.15) is 92.6 Å². The van der Waals surface area contributed by atoms with E-state index in [0.717, 1.165) is 29.5 Å². The van der Waals surface area contributed by atoms with Gasteiger partial charge in [0.25, 0.3) is 0 Å². The topological polar surface area (TPSA) is 66.4 Å². The van der Waals surface area contributed by atoms with Crippen molar-refractivity contribution in [3.8, 4) is 0 Å². The van der Waals surface area contributed by atoms with Crippen molar-refractivity contribution in [3.63, 3.8) is 0 Å². The second-order valence-electron chi connectivity index (χ2n) is 7.12. The lowest BCUT2D eigenvalue weighted by atomic mass is 9.98. The van der Waals surface area contributed by atoms with Gasteiger partial charge in [0.05, 0.1) is 0 Å². The standard InChI is InChI=1S/C22H35NO3/c1-3-4-5-6-7-8-9-11-21(24)20-14-13-19(16-18(20)2)17-23-15-10-12-22(25)26/h13-14,16,23H,3-12,15,17H2,1-2H3,(H,25,26). The Morgan fingerprint density at radius 2 is 1.65 bits per heavy atom. The Morgan fingerprint density at radius 1 is 0.962 bits per heavy atom. The number of carboxylic acids is 1. The van der Waals surface area contributed by atoms with Crippen molar-refractivity contribution in [2.45, 2.75) is 84.6 Å². The first-order valence-corrected chi connectivity index (χ1v) is 10.1. The van der Waals surface area contributed by atoms with Gasteiger partial charge in [0.2, 0.25) is 0 Å². The highest BCUT2D eigenvalue weighted by atomic mass is 16.4. The van der Waals surface area contributed by atoms with Crippen LogP contribution < -0.4 is 5.32 Å². The van der Waals surface area contributed by atoms with Crippen LogP contribution in [-0.4, -0.2) is 23.4 Å². The highest BCUT2D eigenvalue weighted by Gasteiger charge is 2.09. The zero-order chi connectivity index (χ0) is 19.2. The Kier molecular flexibility index (Phi) is 11.6. The largest absolute Gasteiger partial charge is 0.481 e. The molecule has 0 aliphatic carbocycles. The second kappa shape index (κ2) is 13.5. The molecule has 2 N–H and O–H groups in total. The molecule has 0 aromatic heterocycles. The molecule has 0 aliphatic rings. The number of carboxylic acid groups (broad SMARTS) is 1. The summed E-state index contributed by atoms with van der Waals surface area (Å²) in [5, 5.41) is 11.9. The number of aryl methyl sites for hydroxylation is 1. The molecule has 0 atom stereocenters. The number of carbonyl (C=O) groups is 2. The van der Waals surface area contributed by atoms with E-state index in [2.05, 4.69) is 18.3 Å². The normalized spacial score (nSPS) is 10.8. The van der Waals surface area contributed by atoms with E-state index in [1.807, 2.05) is 19.1 Å². The van der Waals surface area contributed by atoms with Gasteiger partial charge >= 0.3 is 5.97 Å². The summed E-state index contributed by atoms with van der Waals surface area (Å²) >= 11 is 0. The van der Waals surface area contributed by atoms with Gasteiger partial charge in [-0.2, -0.15) is 0 Å². The molecule has 0 heterocycles. The minimum atomic E-state index is -0.758. The number of rotatable bonds is 15. The molecule has 0 saturated heterocycles. The summed E-state index contributed by atoms with van der Waals surface area (Å²) in [5.41, 5.74) is 3.00. The van der Waals surface area contributed by atoms with Crippen LogP contribution in [0.3, 0.4) is 0 Å². The molecule has 0 unspecified atom stereocenters. The number of unbranched alkanes of at least 4 members (excludes halogenated alkanes) is 6. The minimum absolute atomic E-state index is 0.193.